The number of hydrogen-bond acceptors (Lipinski definition) is 3. The third-order valence-corrected chi connectivity index (χ3v) is 4.09. The molecular weight excluding hydrogens is 254 g/mol. The Morgan fingerprint density at radius 3 is 2.84 bits per heavy atom. The lowest BCUT2D eigenvalue weighted by molar-refractivity contribution is 0.596. The number of unbranched alkanes of at least 4 members (excludes halogenated alkanes) is 2. The molecule has 19 heavy (non-hydrogen) atoms. The Morgan fingerprint density at radius 2 is 2.11 bits per heavy atom. The summed E-state index contributed by atoms with van der Waals surface area (Å²) >= 11 is 1.93. The largest absolute Gasteiger partial charge is 0.399 e. The number of benzene rings is 1. The van der Waals surface area contributed by atoms with Crippen molar-refractivity contribution >= 4 is 28.5 Å². The molecule has 0 aliphatic carbocycles. The van der Waals surface area contributed by atoms with Gasteiger partial charge in [-0.1, -0.05) is 13.3 Å². The summed E-state index contributed by atoms with van der Waals surface area (Å²) in [5.41, 5.74) is 8.87. The first-order valence-electron chi connectivity index (χ1n) is 6.99. The first-order valence-corrected chi connectivity index (χ1v) is 8.39. The van der Waals surface area contributed by atoms with Crippen LogP contribution in [0.4, 0.5) is 5.69 Å². The van der Waals surface area contributed by atoms with Crippen LogP contribution in [0.3, 0.4) is 0 Å². The second kappa shape index (κ2) is 6.85. The van der Waals surface area contributed by atoms with E-state index in [4.69, 9.17) is 5.73 Å². The number of aryl methyl sites for hydroxylation is 2. The minimum absolute atomic E-state index is 0.791. The molecule has 4 heteroatoms. The van der Waals surface area contributed by atoms with Crippen molar-refractivity contribution in [2.24, 2.45) is 0 Å². The minimum Gasteiger partial charge on any atom is -0.399 e. The van der Waals surface area contributed by atoms with E-state index in [1.54, 1.807) is 0 Å². The van der Waals surface area contributed by atoms with E-state index in [-0.39, 0.29) is 0 Å². The van der Waals surface area contributed by atoms with E-state index in [1.165, 1.54) is 36.4 Å². The number of aromatic nitrogens is 2. The lowest BCUT2D eigenvalue weighted by atomic mass is 10.2. The van der Waals surface area contributed by atoms with E-state index in [9.17, 15) is 0 Å². The van der Waals surface area contributed by atoms with Crippen molar-refractivity contribution in [2.45, 2.75) is 39.2 Å². The average molecular weight is 277 g/mol. The van der Waals surface area contributed by atoms with Crippen LogP contribution < -0.4 is 5.73 Å². The maximum atomic E-state index is 5.83. The number of thioether (sulfide) groups is 1. The molecule has 0 aliphatic heterocycles. The van der Waals surface area contributed by atoms with Gasteiger partial charge in [0.2, 0.25) is 0 Å². The number of hydrogen-bond donors (Lipinski definition) is 1. The van der Waals surface area contributed by atoms with Gasteiger partial charge in [-0.3, -0.25) is 0 Å². The van der Waals surface area contributed by atoms with Crippen molar-refractivity contribution in [3.63, 3.8) is 0 Å². The second-order valence-corrected chi connectivity index (χ2v) is 5.82. The Bertz CT molecular complexity index is 533. The molecule has 2 rings (SSSR count). The van der Waals surface area contributed by atoms with Crippen molar-refractivity contribution in [2.75, 3.05) is 17.7 Å². The first-order chi connectivity index (χ1) is 9.26. The molecule has 1 aromatic heterocycles. The van der Waals surface area contributed by atoms with Crippen LogP contribution in [-0.4, -0.2) is 21.6 Å². The van der Waals surface area contributed by atoms with Gasteiger partial charge in [0.05, 0.1) is 11.0 Å². The molecule has 0 amide bonds. The zero-order valence-electron chi connectivity index (χ0n) is 11.9. The molecule has 0 saturated heterocycles. The lowest BCUT2D eigenvalue weighted by Gasteiger charge is -2.08. The van der Waals surface area contributed by atoms with Gasteiger partial charge < -0.3 is 10.3 Å². The zero-order valence-corrected chi connectivity index (χ0v) is 12.7. The molecule has 0 bridgehead atoms. The summed E-state index contributed by atoms with van der Waals surface area (Å²) in [5, 5.41) is 0. The topological polar surface area (TPSA) is 43.8 Å². The van der Waals surface area contributed by atoms with E-state index in [2.05, 4.69) is 28.8 Å². The third-order valence-electron chi connectivity index (χ3n) is 3.40. The van der Waals surface area contributed by atoms with Crippen LogP contribution in [0.1, 0.15) is 32.0 Å². The molecule has 0 fully saturated rings. The van der Waals surface area contributed by atoms with Gasteiger partial charge in [0, 0.05) is 18.7 Å². The van der Waals surface area contributed by atoms with Crippen LogP contribution in [0.25, 0.3) is 11.0 Å². The van der Waals surface area contributed by atoms with Crippen LogP contribution in [0, 0.1) is 0 Å². The molecule has 1 heterocycles. The first kappa shape index (κ1) is 14.3. The van der Waals surface area contributed by atoms with E-state index < -0.39 is 0 Å². The van der Waals surface area contributed by atoms with Gasteiger partial charge in [-0.05, 0) is 43.0 Å². The van der Waals surface area contributed by atoms with Gasteiger partial charge in [-0.25, -0.2) is 4.98 Å². The molecule has 3 nitrogen and oxygen atoms in total. The fourth-order valence-corrected chi connectivity index (χ4v) is 2.90. The van der Waals surface area contributed by atoms with Gasteiger partial charge >= 0.3 is 0 Å². The van der Waals surface area contributed by atoms with Crippen molar-refractivity contribution in [3.05, 3.63) is 24.0 Å². The number of imidazole rings is 1. The number of nitrogen functional groups attached to an aromatic ring is 1. The molecule has 104 valence electrons. The van der Waals surface area contributed by atoms with Crippen LogP contribution in [0.5, 0.6) is 0 Å². The normalized spacial score (nSPS) is 11.3. The highest BCUT2D eigenvalue weighted by Crippen LogP contribution is 2.20. The Hall–Kier alpha value is -1.16. The Balaban J connectivity index is 2.11. The number of nitrogens with two attached hydrogens (primary N) is 1. The molecule has 2 N–H and O–H groups in total. The fourth-order valence-electron chi connectivity index (χ4n) is 2.41. The molecule has 1 aromatic carbocycles. The molecule has 0 atom stereocenters. The van der Waals surface area contributed by atoms with Gasteiger partial charge in [-0.15, -0.1) is 0 Å². The average Bonchev–Trinajstić information content (AvgIpc) is 2.75. The van der Waals surface area contributed by atoms with Crippen LogP contribution in [-0.2, 0) is 13.0 Å². The van der Waals surface area contributed by atoms with E-state index in [1.807, 2.05) is 23.9 Å². The number of anilines is 1. The highest BCUT2D eigenvalue weighted by atomic mass is 32.2. The quantitative estimate of drug-likeness (QED) is 0.619. The minimum atomic E-state index is 0.791. The maximum Gasteiger partial charge on any atom is 0.109 e. The van der Waals surface area contributed by atoms with Crippen molar-refractivity contribution < 1.29 is 0 Å². The van der Waals surface area contributed by atoms with Crippen molar-refractivity contribution in [1.82, 2.24) is 9.55 Å². The van der Waals surface area contributed by atoms with Crippen molar-refractivity contribution in [1.29, 1.82) is 0 Å². The third kappa shape index (κ3) is 3.44. The molecule has 0 aliphatic rings. The predicted octanol–water partition coefficient (Wildman–Crippen LogP) is 3.71. The van der Waals surface area contributed by atoms with E-state index in [0.29, 0.717) is 0 Å². The summed E-state index contributed by atoms with van der Waals surface area (Å²) in [5.74, 6) is 2.44. The van der Waals surface area contributed by atoms with Crippen LogP contribution >= 0.6 is 11.8 Å². The smallest absolute Gasteiger partial charge is 0.109 e. The van der Waals surface area contributed by atoms with E-state index >= 15 is 0 Å². The lowest BCUT2D eigenvalue weighted by Crippen LogP contribution is -2.03. The molecule has 0 radical (unpaired) electrons. The highest BCUT2D eigenvalue weighted by Gasteiger charge is 2.08. The maximum absolute atomic E-state index is 5.83. The zero-order chi connectivity index (χ0) is 13.7. The summed E-state index contributed by atoms with van der Waals surface area (Å²) in [6.45, 7) is 3.23. The highest BCUT2D eigenvalue weighted by molar-refractivity contribution is 7.98. The fraction of sp³-hybridized carbons (Fsp3) is 0.533. The molecule has 0 spiro atoms. The van der Waals surface area contributed by atoms with Gasteiger partial charge in [0.25, 0.3) is 0 Å². The van der Waals surface area contributed by atoms with E-state index in [0.717, 1.165) is 24.2 Å². The monoisotopic (exact) mass is 277 g/mol. The number of rotatable bonds is 7. The number of fused-ring (bicyclic) bond motifs is 1. The second-order valence-electron chi connectivity index (χ2n) is 4.83. The SMILES string of the molecule is CCc1nc2cc(N)ccc2n1CCCCCSC. The van der Waals surface area contributed by atoms with Gasteiger partial charge in [0.15, 0.2) is 0 Å². The van der Waals surface area contributed by atoms with Crippen LogP contribution in [0.15, 0.2) is 18.2 Å². The summed E-state index contributed by atoms with van der Waals surface area (Å²) < 4.78 is 2.36. The Labute approximate surface area is 119 Å². The summed E-state index contributed by atoms with van der Waals surface area (Å²) in [4.78, 5) is 4.69. The van der Waals surface area contributed by atoms with Crippen LogP contribution in [0.2, 0.25) is 0 Å². The number of nitrogens with zero attached hydrogens (tertiary/aromatic N) is 2. The summed E-state index contributed by atoms with van der Waals surface area (Å²) in [7, 11) is 0. The van der Waals surface area contributed by atoms with Gasteiger partial charge in [0.1, 0.15) is 5.82 Å². The molecule has 0 saturated carbocycles. The standard InChI is InChI=1S/C15H23N3S/c1-3-15-17-13-11-12(16)7-8-14(13)18(15)9-5-4-6-10-19-2/h7-8,11H,3-6,9-10,16H2,1-2H3. The van der Waals surface area contributed by atoms with Gasteiger partial charge in [-0.2, -0.15) is 11.8 Å². The molecule has 0 unspecified atom stereocenters. The summed E-state index contributed by atoms with van der Waals surface area (Å²) in [6, 6.07) is 6.03. The molecular formula is C15H23N3S. The Kier molecular flexibility index (Phi) is 5.14. The molecule has 2 aromatic rings. The predicted molar refractivity (Wildman–Crippen MR) is 85.8 cm³/mol. The Morgan fingerprint density at radius 1 is 1.26 bits per heavy atom. The summed E-state index contributed by atoms with van der Waals surface area (Å²) in [6.07, 6.45) is 6.96. The van der Waals surface area contributed by atoms with Crippen molar-refractivity contribution in [3.8, 4) is 0 Å².